The van der Waals surface area contributed by atoms with Gasteiger partial charge in [0.25, 0.3) is 0 Å². The van der Waals surface area contributed by atoms with Gasteiger partial charge in [0.05, 0.1) is 0 Å². The minimum Gasteiger partial charge on any atom is -0.472 e. The van der Waals surface area contributed by atoms with E-state index in [0.717, 1.165) is 79.7 Å². The molecular formula is C44H33NO2. The van der Waals surface area contributed by atoms with E-state index >= 15 is 0 Å². The second-order valence-electron chi connectivity index (χ2n) is 13.1. The van der Waals surface area contributed by atoms with Gasteiger partial charge in [0.1, 0.15) is 5.75 Å². The quantitative estimate of drug-likeness (QED) is 0.204. The van der Waals surface area contributed by atoms with Crippen molar-refractivity contribution in [2.24, 2.45) is 0 Å². The normalized spacial score (nSPS) is 20.3. The lowest BCUT2D eigenvalue weighted by atomic mass is 9.80. The molecule has 1 aliphatic carbocycles. The Balaban J connectivity index is 1.26. The van der Waals surface area contributed by atoms with Gasteiger partial charge in [-0.05, 0) is 72.7 Å². The molecule has 226 valence electrons. The number of fused-ring (bicyclic) bond motifs is 9. The Hall–Kier alpha value is -5.56. The SMILES string of the molecule is C#CC1(O)c2cc(C)ccc2-c2c1c1c(c3cc(C)ccc23)OC(c2ccccc2)(c2ccc(N3CCc4ccccc43)cc2)C=C1. The number of rotatable bonds is 3. The van der Waals surface area contributed by atoms with Crippen LogP contribution in [-0.4, -0.2) is 11.7 Å². The van der Waals surface area contributed by atoms with Crippen molar-refractivity contribution >= 4 is 28.2 Å². The van der Waals surface area contributed by atoms with Crippen LogP contribution in [0.1, 0.15) is 44.5 Å². The number of nitrogens with zero attached hydrogens (tertiary/aromatic N) is 1. The van der Waals surface area contributed by atoms with E-state index in [1.54, 1.807) is 0 Å². The van der Waals surface area contributed by atoms with Gasteiger partial charge >= 0.3 is 0 Å². The molecule has 0 bridgehead atoms. The average Bonchev–Trinajstić information content (AvgIpc) is 3.66. The Morgan fingerprint density at radius 3 is 2.32 bits per heavy atom. The van der Waals surface area contributed by atoms with Crippen molar-refractivity contribution in [1.29, 1.82) is 0 Å². The molecule has 1 N–H and O–H groups in total. The van der Waals surface area contributed by atoms with Crippen LogP contribution in [0.15, 0.2) is 121 Å². The first-order valence-electron chi connectivity index (χ1n) is 16.2. The zero-order valence-corrected chi connectivity index (χ0v) is 26.4. The van der Waals surface area contributed by atoms with E-state index < -0.39 is 11.2 Å². The van der Waals surface area contributed by atoms with Gasteiger partial charge in [-0.1, -0.05) is 114 Å². The first-order chi connectivity index (χ1) is 22.9. The van der Waals surface area contributed by atoms with Crippen LogP contribution in [0, 0.1) is 26.2 Å². The Morgan fingerprint density at radius 1 is 0.787 bits per heavy atom. The molecule has 0 spiro atoms. The van der Waals surface area contributed by atoms with Crippen molar-refractivity contribution in [3.63, 3.8) is 0 Å². The molecule has 6 aromatic rings. The number of benzene rings is 6. The summed E-state index contributed by atoms with van der Waals surface area (Å²) in [6.07, 6.45) is 11.5. The van der Waals surface area contributed by atoms with Crippen LogP contribution in [0.25, 0.3) is 28.0 Å². The fourth-order valence-corrected chi connectivity index (χ4v) is 8.03. The largest absolute Gasteiger partial charge is 0.472 e. The van der Waals surface area contributed by atoms with Gasteiger partial charge in [0.2, 0.25) is 0 Å². The van der Waals surface area contributed by atoms with E-state index in [2.05, 4.69) is 133 Å². The molecule has 6 aromatic carbocycles. The fourth-order valence-electron chi connectivity index (χ4n) is 8.03. The smallest absolute Gasteiger partial charge is 0.178 e. The average molecular weight is 608 g/mol. The molecule has 0 aromatic heterocycles. The summed E-state index contributed by atoms with van der Waals surface area (Å²) in [5, 5.41) is 14.4. The van der Waals surface area contributed by atoms with E-state index in [-0.39, 0.29) is 0 Å². The minimum absolute atomic E-state index is 0.716. The van der Waals surface area contributed by atoms with Crippen molar-refractivity contribution in [2.75, 3.05) is 11.4 Å². The standard InChI is InChI=1S/C44H33NO2/c1-4-43(46)38-27-29(3)15-21-35(38)40-34-20-14-28(2)26-37(34)42-36(41(40)43)22-24-44(47-42,31-11-6-5-7-12-31)32-16-18-33(19-17-32)45-25-23-30-10-8-9-13-39(30)45/h1,5-22,24,26-27,46H,23,25H2,2-3H3. The Labute approximate surface area is 275 Å². The van der Waals surface area contributed by atoms with Gasteiger partial charge in [-0.15, -0.1) is 6.42 Å². The fraction of sp³-hybridized carbons (Fsp3) is 0.136. The number of terminal acetylenes is 1. The second kappa shape index (κ2) is 9.97. The van der Waals surface area contributed by atoms with Gasteiger partial charge in [0.15, 0.2) is 11.2 Å². The number of aryl methyl sites for hydroxylation is 2. The molecule has 2 atom stereocenters. The number of para-hydroxylation sites is 1. The van der Waals surface area contributed by atoms with Crippen LogP contribution in [-0.2, 0) is 17.6 Å². The molecule has 3 heteroatoms. The van der Waals surface area contributed by atoms with Crippen LogP contribution >= 0.6 is 0 Å². The van der Waals surface area contributed by atoms with E-state index in [1.165, 1.54) is 11.3 Å². The molecule has 9 rings (SSSR count). The third kappa shape index (κ3) is 3.86. The Morgan fingerprint density at radius 2 is 1.51 bits per heavy atom. The molecule has 0 saturated carbocycles. The van der Waals surface area contributed by atoms with Crippen LogP contribution in [0.3, 0.4) is 0 Å². The summed E-state index contributed by atoms with van der Waals surface area (Å²) in [6, 6.07) is 40.5. The first kappa shape index (κ1) is 27.7. The van der Waals surface area contributed by atoms with Crippen molar-refractivity contribution < 1.29 is 9.84 Å². The minimum atomic E-state index is -1.59. The van der Waals surface area contributed by atoms with Gasteiger partial charge in [-0.3, -0.25) is 0 Å². The van der Waals surface area contributed by atoms with Crippen LogP contribution in [0.2, 0.25) is 0 Å². The molecule has 2 aliphatic heterocycles. The highest BCUT2D eigenvalue weighted by molar-refractivity contribution is 6.09. The molecule has 0 saturated heterocycles. The number of hydrogen-bond donors (Lipinski definition) is 1. The molecule has 0 fully saturated rings. The maximum absolute atomic E-state index is 12.3. The number of hydrogen-bond acceptors (Lipinski definition) is 3. The molecular weight excluding hydrogens is 574 g/mol. The molecule has 0 amide bonds. The lowest BCUT2D eigenvalue weighted by Crippen LogP contribution is -2.35. The van der Waals surface area contributed by atoms with Crippen LogP contribution in [0.5, 0.6) is 5.75 Å². The first-order valence-corrected chi connectivity index (χ1v) is 16.2. The van der Waals surface area contributed by atoms with Gasteiger partial charge < -0.3 is 14.7 Å². The van der Waals surface area contributed by atoms with Crippen molar-refractivity contribution in [2.45, 2.75) is 31.5 Å². The highest BCUT2D eigenvalue weighted by Gasteiger charge is 2.47. The van der Waals surface area contributed by atoms with Crippen molar-refractivity contribution in [3.05, 3.63) is 166 Å². The van der Waals surface area contributed by atoms with Gasteiger partial charge in [0, 0.05) is 51.1 Å². The summed E-state index contributed by atoms with van der Waals surface area (Å²) < 4.78 is 7.39. The molecule has 3 nitrogen and oxygen atoms in total. The maximum atomic E-state index is 12.3. The number of anilines is 2. The van der Waals surface area contributed by atoms with E-state index in [1.807, 2.05) is 19.1 Å². The van der Waals surface area contributed by atoms with Crippen molar-refractivity contribution in [1.82, 2.24) is 0 Å². The van der Waals surface area contributed by atoms with E-state index in [9.17, 15) is 5.11 Å². The van der Waals surface area contributed by atoms with Crippen LogP contribution < -0.4 is 9.64 Å². The summed E-state index contributed by atoms with van der Waals surface area (Å²) in [5.74, 6) is 3.52. The Kier molecular flexibility index (Phi) is 5.88. The summed E-state index contributed by atoms with van der Waals surface area (Å²) >= 11 is 0. The van der Waals surface area contributed by atoms with E-state index in [0.29, 0.717) is 5.56 Å². The molecule has 47 heavy (non-hydrogen) atoms. The van der Waals surface area contributed by atoms with Gasteiger partial charge in [-0.25, -0.2) is 0 Å². The second-order valence-corrected chi connectivity index (χ2v) is 13.1. The third-order valence-corrected chi connectivity index (χ3v) is 10.3. The molecule has 0 radical (unpaired) electrons. The zero-order chi connectivity index (χ0) is 31.9. The number of aliphatic hydroxyl groups is 1. The Bertz CT molecular complexity index is 2330. The topological polar surface area (TPSA) is 32.7 Å². The highest BCUT2D eigenvalue weighted by atomic mass is 16.5. The predicted molar refractivity (Wildman–Crippen MR) is 191 cm³/mol. The van der Waals surface area contributed by atoms with Crippen molar-refractivity contribution in [3.8, 4) is 29.2 Å². The lowest BCUT2D eigenvalue weighted by Gasteiger charge is -2.38. The lowest BCUT2D eigenvalue weighted by molar-refractivity contribution is 0.144. The summed E-state index contributed by atoms with van der Waals surface area (Å²) in [4.78, 5) is 2.39. The third-order valence-electron chi connectivity index (χ3n) is 10.3. The number of ether oxygens (including phenoxy) is 1. The zero-order valence-electron chi connectivity index (χ0n) is 26.4. The summed E-state index contributed by atoms with van der Waals surface area (Å²) in [7, 11) is 0. The maximum Gasteiger partial charge on any atom is 0.178 e. The monoisotopic (exact) mass is 607 g/mol. The molecule has 2 heterocycles. The molecule has 3 aliphatic rings. The van der Waals surface area contributed by atoms with Gasteiger partial charge in [-0.2, -0.15) is 0 Å². The predicted octanol–water partition coefficient (Wildman–Crippen LogP) is 9.35. The molecule has 2 unspecified atom stereocenters. The van der Waals surface area contributed by atoms with Crippen LogP contribution in [0.4, 0.5) is 11.4 Å². The summed E-state index contributed by atoms with van der Waals surface area (Å²) in [5.41, 5.74) is 9.78. The highest BCUT2D eigenvalue weighted by Crippen LogP contribution is 2.57. The van der Waals surface area contributed by atoms with E-state index in [4.69, 9.17) is 11.2 Å². The summed E-state index contributed by atoms with van der Waals surface area (Å²) in [6.45, 7) is 5.09.